The molecule has 50 heavy (non-hydrogen) atoms. The SMILES string of the molecule is CC(C)(C)c1cc(-[n+]2[c-]n(-c3[c-]c(Oc4[c-]c5c(cc4)c4ccccc4n5-c4ccccn4)ccc3)c(C(C)(C)C)c2)cc(C(C)(C)C)c1.[Pt]. The topological polar surface area (TPSA) is 35.9 Å². The summed E-state index contributed by atoms with van der Waals surface area (Å²) in [5.41, 5.74) is 7.53. The van der Waals surface area contributed by atoms with E-state index in [1.165, 1.54) is 11.1 Å². The molecule has 7 rings (SSSR count). The van der Waals surface area contributed by atoms with E-state index in [0.29, 0.717) is 11.5 Å². The summed E-state index contributed by atoms with van der Waals surface area (Å²) < 4.78 is 12.9. The van der Waals surface area contributed by atoms with Gasteiger partial charge in [-0.15, -0.1) is 29.7 Å². The normalized spacial score (nSPS) is 12.3. The Kier molecular flexibility index (Phi) is 9.20. The summed E-state index contributed by atoms with van der Waals surface area (Å²) in [6.45, 7) is 20.3. The Bertz CT molecular complexity index is 2280. The zero-order valence-corrected chi connectivity index (χ0v) is 32.6. The minimum Gasteiger partial charge on any atom is -0.510 e. The van der Waals surface area contributed by atoms with E-state index >= 15 is 0 Å². The van der Waals surface area contributed by atoms with Gasteiger partial charge in [0.2, 0.25) is 0 Å². The van der Waals surface area contributed by atoms with Gasteiger partial charge in [-0.2, -0.15) is 18.2 Å². The van der Waals surface area contributed by atoms with Gasteiger partial charge in [-0.1, -0.05) is 98.2 Å². The molecule has 0 N–H and O–H groups in total. The second-order valence-electron chi connectivity index (χ2n) is 16.0. The van der Waals surface area contributed by atoms with E-state index in [9.17, 15) is 0 Å². The molecular weight excluding hydrogens is 796 g/mol. The van der Waals surface area contributed by atoms with Gasteiger partial charge in [-0.3, -0.25) is 4.57 Å². The number of ether oxygens (including phenoxy) is 1. The number of benzene rings is 4. The number of fused-ring (bicyclic) bond motifs is 3. The van der Waals surface area contributed by atoms with Crippen molar-refractivity contribution < 1.29 is 30.4 Å². The molecule has 0 saturated heterocycles. The molecule has 6 heteroatoms. The quantitative estimate of drug-likeness (QED) is 0.128. The van der Waals surface area contributed by atoms with Crippen molar-refractivity contribution in [3.05, 3.63) is 139 Å². The first kappa shape index (κ1) is 35.4. The molecule has 5 nitrogen and oxygen atoms in total. The van der Waals surface area contributed by atoms with Gasteiger partial charge in [0, 0.05) is 50.5 Å². The van der Waals surface area contributed by atoms with Crippen LogP contribution in [0.3, 0.4) is 0 Å². The van der Waals surface area contributed by atoms with Gasteiger partial charge in [0.25, 0.3) is 6.33 Å². The predicted molar refractivity (Wildman–Crippen MR) is 199 cm³/mol. The van der Waals surface area contributed by atoms with Gasteiger partial charge in [-0.05, 0) is 68.8 Å². The number of aromatic nitrogens is 4. The van der Waals surface area contributed by atoms with Gasteiger partial charge < -0.3 is 13.9 Å². The Morgan fingerprint density at radius 3 is 2.00 bits per heavy atom. The zero-order chi connectivity index (χ0) is 34.7. The van der Waals surface area contributed by atoms with Gasteiger partial charge >= 0.3 is 0 Å². The fourth-order valence-corrected chi connectivity index (χ4v) is 6.23. The van der Waals surface area contributed by atoms with E-state index in [4.69, 9.17) is 4.74 Å². The molecule has 3 heterocycles. The molecule has 0 amide bonds. The molecule has 0 spiro atoms. The fourth-order valence-electron chi connectivity index (χ4n) is 6.23. The average molecular weight is 840 g/mol. The molecule has 0 saturated carbocycles. The average Bonchev–Trinajstić information content (AvgIpc) is 3.65. The van der Waals surface area contributed by atoms with Crippen LogP contribution < -0.4 is 9.30 Å². The first-order valence-electron chi connectivity index (χ1n) is 17.0. The summed E-state index contributed by atoms with van der Waals surface area (Å²) in [4.78, 5) is 4.65. The van der Waals surface area contributed by atoms with Gasteiger partial charge in [0.1, 0.15) is 5.82 Å². The molecule has 0 atom stereocenters. The third-order valence-electron chi connectivity index (χ3n) is 9.05. The van der Waals surface area contributed by atoms with E-state index in [1.807, 2.05) is 42.6 Å². The Morgan fingerprint density at radius 2 is 1.34 bits per heavy atom. The van der Waals surface area contributed by atoms with E-state index in [1.54, 1.807) is 0 Å². The maximum atomic E-state index is 6.48. The maximum Gasteiger partial charge on any atom is 0.267 e. The summed E-state index contributed by atoms with van der Waals surface area (Å²) in [7, 11) is 0. The van der Waals surface area contributed by atoms with Crippen LogP contribution in [0.4, 0.5) is 0 Å². The monoisotopic (exact) mass is 839 g/mol. The number of hydrogen-bond donors (Lipinski definition) is 0. The summed E-state index contributed by atoms with van der Waals surface area (Å²) in [6, 6.07) is 38.4. The number of nitrogens with zero attached hydrogens (tertiary/aromatic N) is 4. The fraction of sp³-hybridized carbons (Fsp3) is 0.273. The summed E-state index contributed by atoms with van der Waals surface area (Å²) in [6.07, 6.45) is 7.68. The summed E-state index contributed by atoms with van der Waals surface area (Å²) in [5.74, 6) is 2.05. The Morgan fingerprint density at radius 1 is 0.660 bits per heavy atom. The number of para-hydroxylation sites is 1. The molecule has 7 aromatic rings. The molecule has 0 fully saturated rings. The van der Waals surface area contributed by atoms with Crippen molar-refractivity contribution in [2.45, 2.75) is 78.6 Å². The van der Waals surface area contributed by atoms with E-state index in [2.05, 4.69) is 160 Å². The summed E-state index contributed by atoms with van der Waals surface area (Å²) >= 11 is 0. The molecule has 258 valence electrons. The molecule has 0 bridgehead atoms. The van der Waals surface area contributed by atoms with Crippen LogP contribution in [0, 0.1) is 18.5 Å². The van der Waals surface area contributed by atoms with E-state index in [-0.39, 0.29) is 37.3 Å². The zero-order valence-electron chi connectivity index (χ0n) is 30.3. The van der Waals surface area contributed by atoms with Crippen LogP contribution in [0.5, 0.6) is 11.5 Å². The number of imidazole rings is 1. The second kappa shape index (κ2) is 13.0. The molecule has 0 radical (unpaired) electrons. The minimum atomic E-state index is -0.154. The van der Waals surface area contributed by atoms with Crippen molar-refractivity contribution >= 4 is 21.8 Å². The first-order chi connectivity index (χ1) is 23.2. The van der Waals surface area contributed by atoms with E-state index < -0.39 is 0 Å². The Balaban J connectivity index is 0.00000432. The largest absolute Gasteiger partial charge is 0.510 e. The third kappa shape index (κ3) is 6.81. The predicted octanol–water partition coefficient (Wildman–Crippen LogP) is 10.3. The first-order valence-corrected chi connectivity index (χ1v) is 17.0. The van der Waals surface area contributed by atoms with Crippen molar-refractivity contribution in [1.29, 1.82) is 0 Å². The van der Waals surface area contributed by atoms with Crippen molar-refractivity contribution in [1.82, 2.24) is 14.1 Å². The third-order valence-corrected chi connectivity index (χ3v) is 9.05. The van der Waals surface area contributed by atoms with Crippen molar-refractivity contribution in [2.75, 3.05) is 0 Å². The molecule has 0 unspecified atom stereocenters. The van der Waals surface area contributed by atoms with Crippen LogP contribution in [0.1, 0.15) is 79.1 Å². The van der Waals surface area contributed by atoms with Crippen LogP contribution in [-0.4, -0.2) is 14.1 Å². The molecule has 3 aromatic heterocycles. The molecule has 0 aliphatic heterocycles. The molecule has 0 aliphatic rings. The van der Waals surface area contributed by atoms with Crippen molar-refractivity contribution in [3.63, 3.8) is 0 Å². The van der Waals surface area contributed by atoms with Crippen LogP contribution in [0.25, 0.3) is 39.0 Å². The van der Waals surface area contributed by atoms with Crippen LogP contribution in [-0.2, 0) is 37.3 Å². The van der Waals surface area contributed by atoms with Gasteiger partial charge in [0.15, 0.2) is 0 Å². The van der Waals surface area contributed by atoms with Crippen LogP contribution >= 0.6 is 0 Å². The van der Waals surface area contributed by atoms with E-state index in [0.717, 1.165) is 44.7 Å². The Hall–Kier alpha value is -4.47. The second-order valence-corrected chi connectivity index (χ2v) is 16.0. The smallest absolute Gasteiger partial charge is 0.267 e. The number of rotatable bonds is 5. The Labute approximate surface area is 310 Å². The molecule has 0 aliphatic carbocycles. The van der Waals surface area contributed by atoms with Crippen LogP contribution in [0.2, 0.25) is 0 Å². The number of pyridine rings is 1. The van der Waals surface area contributed by atoms with Gasteiger partial charge in [0.05, 0.1) is 11.4 Å². The van der Waals surface area contributed by atoms with Crippen molar-refractivity contribution in [2.24, 2.45) is 0 Å². The summed E-state index contributed by atoms with van der Waals surface area (Å²) in [5, 5.41) is 2.24. The molecular formula is C44H44N4OPt-2. The maximum absolute atomic E-state index is 6.48. The van der Waals surface area contributed by atoms with Gasteiger partial charge in [-0.25, -0.2) is 4.98 Å². The number of hydrogen-bond acceptors (Lipinski definition) is 2. The standard InChI is InChI=1S/C44H44N4O.Pt/c1-42(2,3)30-23-31(43(4,5)6)25-33(24-30)46-28-40(44(7,8)9)47(29-46)32-15-14-16-34(26-32)49-35-20-21-37-36-17-10-11-18-38(36)48(39(37)27-35)41-19-12-13-22-45-41;/h10-25,28H,1-9H3;/q-2;. The van der Waals surface area contributed by atoms with Crippen LogP contribution in [0.15, 0.2) is 103 Å². The minimum absolute atomic E-state index is 0. The molecule has 4 aromatic carbocycles. The van der Waals surface area contributed by atoms with Crippen molar-refractivity contribution in [3.8, 4) is 28.7 Å².